The molecule has 11 nitrogen and oxygen atoms in total. The first-order chi connectivity index (χ1) is 17.8. The number of carbonyl (C=O) groups excluding carboxylic acids is 3. The smallest absolute Gasteiger partial charge is 0.312 e. The molecule has 5 rings (SSSR count). The van der Waals surface area contributed by atoms with Crippen LogP contribution in [0, 0.1) is 11.8 Å². The fourth-order valence-corrected chi connectivity index (χ4v) is 7.09. The highest BCUT2D eigenvalue weighted by Crippen LogP contribution is 2.60. The number of ether oxygens (including phenoxy) is 2. The van der Waals surface area contributed by atoms with Crippen LogP contribution in [0.2, 0.25) is 0 Å². The van der Waals surface area contributed by atoms with Crippen LogP contribution in [0.3, 0.4) is 0 Å². The number of halogens is 1. The van der Waals surface area contributed by atoms with Gasteiger partial charge in [-0.25, -0.2) is 4.68 Å². The van der Waals surface area contributed by atoms with E-state index in [0.29, 0.717) is 11.9 Å². The van der Waals surface area contributed by atoms with Crippen LogP contribution in [0.4, 0.5) is 0 Å². The number of benzene rings is 1. The third-order valence-electron chi connectivity index (χ3n) is 7.64. The van der Waals surface area contributed by atoms with Crippen LogP contribution in [0.5, 0.6) is 0 Å². The van der Waals surface area contributed by atoms with Gasteiger partial charge < -0.3 is 24.4 Å². The number of rotatable bonds is 9. The van der Waals surface area contributed by atoms with Gasteiger partial charge in [-0.2, -0.15) is 0 Å². The molecule has 2 aromatic rings. The van der Waals surface area contributed by atoms with Crippen LogP contribution >= 0.6 is 15.9 Å². The number of aromatic nitrogens is 3. The number of hydrogen-bond acceptors (Lipinski definition) is 8. The molecule has 4 heterocycles. The first-order valence-corrected chi connectivity index (χ1v) is 13.3. The lowest BCUT2D eigenvalue weighted by Gasteiger charge is -2.38. The number of aliphatic hydroxyl groups excluding tert-OH is 1. The Kier molecular flexibility index (Phi) is 6.84. The number of carbonyl (C=O) groups is 3. The molecule has 1 aromatic carbocycles. The van der Waals surface area contributed by atoms with Gasteiger partial charge in [0.1, 0.15) is 23.8 Å². The van der Waals surface area contributed by atoms with E-state index in [9.17, 15) is 19.5 Å². The van der Waals surface area contributed by atoms with Crippen LogP contribution in [0.1, 0.15) is 20.3 Å². The molecule has 3 aliphatic heterocycles. The van der Waals surface area contributed by atoms with Gasteiger partial charge in [0.15, 0.2) is 0 Å². The molecule has 7 atom stereocenters. The summed E-state index contributed by atoms with van der Waals surface area (Å²) < 4.78 is 13.4. The van der Waals surface area contributed by atoms with E-state index in [1.54, 1.807) is 24.6 Å². The highest BCUT2D eigenvalue weighted by Gasteiger charge is 2.77. The van der Waals surface area contributed by atoms with Crippen LogP contribution < -0.4 is 0 Å². The Morgan fingerprint density at radius 1 is 1.43 bits per heavy atom. The molecule has 12 heteroatoms. The van der Waals surface area contributed by atoms with Crippen molar-refractivity contribution >= 4 is 44.7 Å². The predicted octanol–water partition coefficient (Wildman–Crippen LogP) is 1.10. The third-order valence-corrected chi connectivity index (χ3v) is 8.49. The normalized spacial score (nSPS) is 31.0. The molecule has 3 fully saturated rings. The van der Waals surface area contributed by atoms with Gasteiger partial charge in [-0.05, 0) is 32.4 Å². The number of aliphatic hydroxyl groups is 1. The molecule has 1 aromatic heterocycles. The van der Waals surface area contributed by atoms with Crippen molar-refractivity contribution in [1.29, 1.82) is 0 Å². The second-order valence-electron chi connectivity index (χ2n) is 9.76. The minimum Gasteiger partial charge on any atom is -0.466 e. The van der Waals surface area contributed by atoms with Crippen molar-refractivity contribution in [2.45, 2.75) is 55.6 Å². The summed E-state index contributed by atoms with van der Waals surface area (Å²) in [6.45, 7) is 7.26. The largest absolute Gasteiger partial charge is 0.466 e. The van der Waals surface area contributed by atoms with Gasteiger partial charge in [0, 0.05) is 11.4 Å². The molecule has 3 aliphatic rings. The summed E-state index contributed by atoms with van der Waals surface area (Å²) in [6, 6.07) is 5.70. The van der Waals surface area contributed by atoms with E-state index in [4.69, 9.17) is 9.47 Å². The van der Waals surface area contributed by atoms with Crippen LogP contribution in [0.25, 0.3) is 11.0 Å². The minimum atomic E-state index is -1.24. The van der Waals surface area contributed by atoms with Gasteiger partial charge in [0.05, 0.1) is 42.7 Å². The quantitative estimate of drug-likeness (QED) is 0.267. The SMILES string of the molecule is C=CCN(Cn1nnc2ccccc21)C(=O)C1N([C@H](C)CO)C(=O)[C@@H]2[C@@H](C(=O)OCC)[C@@H]3OC12CC3Br. The average molecular weight is 576 g/mol. The highest BCUT2D eigenvalue weighted by atomic mass is 79.9. The molecule has 1 N–H and O–H groups in total. The van der Waals surface area contributed by atoms with Crippen LogP contribution in [0.15, 0.2) is 36.9 Å². The third kappa shape index (κ3) is 3.88. The van der Waals surface area contributed by atoms with E-state index in [1.807, 2.05) is 24.3 Å². The summed E-state index contributed by atoms with van der Waals surface area (Å²) in [5, 5.41) is 18.4. The van der Waals surface area contributed by atoms with Gasteiger partial charge in [-0.1, -0.05) is 39.4 Å². The number of hydrogen-bond donors (Lipinski definition) is 1. The summed E-state index contributed by atoms with van der Waals surface area (Å²) in [7, 11) is 0. The lowest BCUT2D eigenvalue weighted by molar-refractivity contribution is -0.156. The first-order valence-electron chi connectivity index (χ1n) is 12.4. The molecular weight excluding hydrogens is 546 g/mol. The fraction of sp³-hybridized carbons (Fsp3) is 0.560. The lowest BCUT2D eigenvalue weighted by Crippen LogP contribution is -2.58. The number of nitrogens with zero attached hydrogens (tertiary/aromatic N) is 5. The molecule has 1 spiro atoms. The molecule has 2 amide bonds. The number of fused-ring (bicyclic) bond motifs is 2. The topological polar surface area (TPSA) is 127 Å². The van der Waals surface area contributed by atoms with Crippen molar-refractivity contribution in [3.8, 4) is 0 Å². The molecule has 2 bridgehead atoms. The first kappa shape index (κ1) is 25.8. The Hall–Kier alpha value is -2.83. The second kappa shape index (κ2) is 9.80. The summed E-state index contributed by atoms with van der Waals surface area (Å²) in [5.74, 6) is -3.00. The van der Waals surface area contributed by atoms with Gasteiger partial charge in [-0.3, -0.25) is 14.4 Å². The van der Waals surface area contributed by atoms with E-state index < -0.39 is 41.6 Å². The Bertz CT molecular complexity index is 1240. The maximum absolute atomic E-state index is 14.3. The molecule has 198 valence electrons. The van der Waals surface area contributed by atoms with Crippen molar-refractivity contribution in [1.82, 2.24) is 24.8 Å². The molecule has 0 radical (unpaired) electrons. The Morgan fingerprint density at radius 2 is 2.19 bits per heavy atom. The maximum atomic E-state index is 14.3. The molecule has 3 unspecified atom stereocenters. The molecular formula is C25H30BrN5O6. The van der Waals surface area contributed by atoms with Crippen LogP contribution in [-0.4, -0.2) is 96.1 Å². The number of esters is 1. The molecule has 3 saturated heterocycles. The Balaban J connectivity index is 1.55. The lowest BCUT2D eigenvalue weighted by atomic mass is 9.70. The summed E-state index contributed by atoms with van der Waals surface area (Å²) in [6.07, 6.45) is 1.37. The van der Waals surface area contributed by atoms with E-state index in [-0.39, 0.29) is 43.1 Å². The predicted molar refractivity (Wildman–Crippen MR) is 135 cm³/mol. The molecule has 0 saturated carbocycles. The average Bonchev–Trinajstić information content (AvgIpc) is 3.60. The summed E-state index contributed by atoms with van der Waals surface area (Å²) in [5.41, 5.74) is 0.206. The van der Waals surface area contributed by atoms with Gasteiger partial charge in [0.2, 0.25) is 11.8 Å². The van der Waals surface area contributed by atoms with E-state index >= 15 is 0 Å². The van der Waals surface area contributed by atoms with Gasteiger partial charge in [-0.15, -0.1) is 11.7 Å². The van der Waals surface area contributed by atoms with E-state index in [1.165, 1.54) is 9.80 Å². The Morgan fingerprint density at radius 3 is 2.89 bits per heavy atom. The number of alkyl halides is 1. The summed E-state index contributed by atoms with van der Waals surface area (Å²) in [4.78, 5) is 43.9. The van der Waals surface area contributed by atoms with E-state index in [0.717, 1.165) is 5.52 Å². The van der Waals surface area contributed by atoms with Crippen molar-refractivity contribution in [3.05, 3.63) is 36.9 Å². The van der Waals surface area contributed by atoms with Crippen LogP contribution in [-0.2, 0) is 30.5 Å². The standard InChI is InChI=1S/C25H30BrN5O6/c1-4-10-29(13-30-17-9-7-6-8-16(17)27-28-30)23(34)21-25-11-15(26)20(37-25)18(24(35)36-5-2)19(25)22(33)31(21)14(3)12-32/h4,6-9,14-15,18-21,32H,1,5,10-13H2,2-3H3/t14-,15?,18-,19+,20-,21?,25?/m1/s1. The monoisotopic (exact) mass is 575 g/mol. The highest BCUT2D eigenvalue weighted by molar-refractivity contribution is 9.09. The van der Waals surface area contributed by atoms with Gasteiger partial charge >= 0.3 is 5.97 Å². The van der Waals surface area contributed by atoms with E-state index in [2.05, 4.69) is 32.8 Å². The van der Waals surface area contributed by atoms with Crippen molar-refractivity contribution in [3.63, 3.8) is 0 Å². The van der Waals surface area contributed by atoms with Gasteiger partial charge in [0.25, 0.3) is 0 Å². The zero-order valence-electron chi connectivity index (χ0n) is 20.7. The number of amides is 2. The fourth-order valence-electron chi connectivity index (χ4n) is 6.15. The number of para-hydroxylation sites is 1. The van der Waals surface area contributed by atoms with Crippen molar-refractivity contribution < 1.29 is 29.0 Å². The van der Waals surface area contributed by atoms with Crippen molar-refractivity contribution in [2.24, 2.45) is 11.8 Å². The molecule has 0 aliphatic carbocycles. The maximum Gasteiger partial charge on any atom is 0.312 e. The number of likely N-dealkylation sites (tertiary alicyclic amines) is 1. The summed E-state index contributed by atoms with van der Waals surface area (Å²) >= 11 is 3.63. The molecule has 37 heavy (non-hydrogen) atoms. The zero-order valence-corrected chi connectivity index (χ0v) is 22.3. The zero-order chi connectivity index (χ0) is 26.5. The van der Waals surface area contributed by atoms with Crippen molar-refractivity contribution in [2.75, 3.05) is 19.8 Å². The second-order valence-corrected chi connectivity index (χ2v) is 10.9. The Labute approximate surface area is 222 Å². The minimum absolute atomic E-state index is 0.0701.